The Labute approximate surface area is 132 Å². The molecule has 4 nitrogen and oxygen atoms in total. The third-order valence-corrected chi connectivity index (χ3v) is 6.18. The van der Waals surface area contributed by atoms with E-state index in [1.807, 2.05) is 20.8 Å². The van der Waals surface area contributed by atoms with Gasteiger partial charge in [-0.2, -0.15) is 0 Å². The predicted octanol–water partition coefficient (Wildman–Crippen LogP) is 3.76. The van der Waals surface area contributed by atoms with Crippen LogP contribution in [-0.2, 0) is 13.3 Å². The molecule has 0 unspecified atom stereocenters. The smallest absolute Gasteiger partial charge is 0.374 e. The van der Waals surface area contributed by atoms with Gasteiger partial charge >= 0.3 is 8.80 Å². The van der Waals surface area contributed by atoms with E-state index in [2.05, 4.69) is 0 Å². The molecule has 0 bridgehead atoms. The summed E-state index contributed by atoms with van der Waals surface area (Å²) >= 11 is 0. The molecule has 0 aromatic carbocycles. The van der Waals surface area contributed by atoms with Gasteiger partial charge in [-0.25, -0.2) is 0 Å². The predicted molar refractivity (Wildman–Crippen MR) is 89.4 cm³/mol. The molecule has 0 aliphatic rings. The van der Waals surface area contributed by atoms with Crippen LogP contribution in [0.4, 0.5) is 0 Å². The van der Waals surface area contributed by atoms with Gasteiger partial charge in [-0.1, -0.05) is 25.7 Å². The zero-order valence-electron chi connectivity index (χ0n) is 13.5. The summed E-state index contributed by atoms with van der Waals surface area (Å²) in [6.45, 7) is 8.84. The molecule has 0 rings (SSSR count). The lowest BCUT2D eigenvalue weighted by atomic mass is 10.1. The number of unbranched alkanes of at least 4 members (excludes halogenated alkanes) is 5. The first-order valence-electron chi connectivity index (χ1n) is 7.86. The summed E-state index contributed by atoms with van der Waals surface area (Å²) in [7, 11) is -2.39. The molecular formula is C14H34ClNO3Si. The standard InChI is InChI=1S/C14H33NO3Si.ClH/c1-4-16-19(17-5-2,18-6-3)14-12-10-8-7-9-11-13-15;/h4-15H2,1-3H3;1H. The van der Waals surface area contributed by atoms with Crippen molar-refractivity contribution in [1.82, 2.24) is 0 Å². The quantitative estimate of drug-likeness (QED) is 0.390. The van der Waals surface area contributed by atoms with Crippen LogP contribution >= 0.6 is 12.4 Å². The van der Waals surface area contributed by atoms with Crippen molar-refractivity contribution in [2.45, 2.75) is 65.3 Å². The van der Waals surface area contributed by atoms with E-state index in [1.165, 1.54) is 25.7 Å². The molecule has 0 aliphatic carbocycles. The Hall–Kier alpha value is 0.347. The lowest BCUT2D eigenvalue weighted by Gasteiger charge is -2.28. The van der Waals surface area contributed by atoms with Gasteiger partial charge in [-0.3, -0.25) is 0 Å². The Morgan fingerprint density at radius 2 is 1.10 bits per heavy atom. The van der Waals surface area contributed by atoms with E-state index in [0.717, 1.165) is 25.4 Å². The van der Waals surface area contributed by atoms with Crippen LogP contribution < -0.4 is 5.73 Å². The molecule has 0 spiro atoms. The van der Waals surface area contributed by atoms with E-state index < -0.39 is 8.80 Å². The maximum absolute atomic E-state index is 5.83. The number of halogens is 1. The molecule has 124 valence electrons. The molecule has 0 saturated carbocycles. The minimum absolute atomic E-state index is 0. The average Bonchev–Trinajstić information content (AvgIpc) is 2.39. The molecule has 0 aromatic heterocycles. The van der Waals surface area contributed by atoms with Crippen LogP contribution in [-0.4, -0.2) is 35.2 Å². The highest BCUT2D eigenvalue weighted by Gasteiger charge is 2.39. The zero-order valence-corrected chi connectivity index (χ0v) is 15.3. The summed E-state index contributed by atoms with van der Waals surface area (Å²) in [6.07, 6.45) is 7.32. The molecule has 0 amide bonds. The summed E-state index contributed by atoms with van der Waals surface area (Å²) in [6, 6.07) is 0.944. The maximum Gasteiger partial charge on any atom is 0.500 e. The van der Waals surface area contributed by atoms with E-state index >= 15 is 0 Å². The summed E-state index contributed by atoms with van der Waals surface area (Å²) in [4.78, 5) is 0. The van der Waals surface area contributed by atoms with Gasteiger partial charge in [-0.05, 0) is 40.2 Å². The monoisotopic (exact) mass is 327 g/mol. The van der Waals surface area contributed by atoms with Crippen LogP contribution in [0.25, 0.3) is 0 Å². The molecule has 0 saturated heterocycles. The molecule has 0 aliphatic heterocycles. The molecule has 20 heavy (non-hydrogen) atoms. The Kier molecular flexibility index (Phi) is 17.8. The summed E-state index contributed by atoms with van der Waals surface area (Å²) in [5.41, 5.74) is 5.48. The second-order valence-corrected chi connectivity index (χ2v) is 7.37. The van der Waals surface area contributed by atoms with Crippen LogP contribution in [0.15, 0.2) is 0 Å². The van der Waals surface area contributed by atoms with Crippen molar-refractivity contribution in [3.63, 3.8) is 0 Å². The first-order valence-corrected chi connectivity index (χ1v) is 9.79. The van der Waals surface area contributed by atoms with Crippen molar-refractivity contribution in [2.75, 3.05) is 26.4 Å². The lowest BCUT2D eigenvalue weighted by Crippen LogP contribution is -2.45. The van der Waals surface area contributed by atoms with Crippen LogP contribution in [0.3, 0.4) is 0 Å². The highest BCUT2D eigenvalue weighted by molar-refractivity contribution is 6.60. The normalized spacial score (nSPS) is 11.4. The molecule has 6 heteroatoms. The molecule has 0 aromatic rings. The number of hydrogen-bond acceptors (Lipinski definition) is 4. The third kappa shape index (κ3) is 11.1. The van der Waals surface area contributed by atoms with Gasteiger partial charge in [0.2, 0.25) is 0 Å². The van der Waals surface area contributed by atoms with E-state index in [1.54, 1.807) is 0 Å². The van der Waals surface area contributed by atoms with Gasteiger partial charge in [0.15, 0.2) is 0 Å². The van der Waals surface area contributed by atoms with Gasteiger partial charge in [-0.15, -0.1) is 12.4 Å². The Balaban J connectivity index is 0. The van der Waals surface area contributed by atoms with E-state index in [0.29, 0.717) is 19.8 Å². The van der Waals surface area contributed by atoms with Crippen molar-refractivity contribution in [2.24, 2.45) is 5.73 Å². The molecule has 0 fully saturated rings. The van der Waals surface area contributed by atoms with Gasteiger partial charge in [0, 0.05) is 25.9 Å². The van der Waals surface area contributed by atoms with Gasteiger partial charge in [0.25, 0.3) is 0 Å². The van der Waals surface area contributed by atoms with Crippen LogP contribution in [0, 0.1) is 0 Å². The fraction of sp³-hybridized carbons (Fsp3) is 1.00. The van der Waals surface area contributed by atoms with E-state index in [9.17, 15) is 0 Å². The van der Waals surface area contributed by atoms with Gasteiger partial charge < -0.3 is 19.0 Å². The van der Waals surface area contributed by atoms with Crippen molar-refractivity contribution >= 4 is 21.2 Å². The lowest BCUT2D eigenvalue weighted by molar-refractivity contribution is 0.0706. The van der Waals surface area contributed by atoms with Crippen molar-refractivity contribution < 1.29 is 13.3 Å². The Bertz CT molecular complexity index is 182. The largest absolute Gasteiger partial charge is 0.500 e. The summed E-state index contributed by atoms with van der Waals surface area (Å²) in [5, 5.41) is 0. The highest BCUT2D eigenvalue weighted by atomic mass is 35.5. The van der Waals surface area contributed by atoms with Crippen molar-refractivity contribution in [3.8, 4) is 0 Å². The molecule has 0 heterocycles. The number of nitrogens with two attached hydrogens (primary N) is 1. The number of rotatable bonds is 14. The molecular weight excluding hydrogens is 294 g/mol. The summed E-state index contributed by atoms with van der Waals surface area (Å²) < 4.78 is 17.5. The van der Waals surface area contributed by atoms with Crippen molar-refractivity contribution in [1.29, 1.82) is 0 Å². The van der Waals surface area contributed by atoms with Gasteiger partial charge in [0.1, 0.15) is 0 Å². The van der Waals surface area contributed by atoms with Crippen LogP contribution in [0.2, 0.25) is 6.04 Å². The SMILES string of the molecule is CCO[Si](CCCCCCCCN)(OCC)OCC.Cl. The zero-order chi connectivity index (χ0) is 14.4. The average molecular weight is 328 g/mol. The maximum atomic E-state index is 5.83. The Morgan fingerprint density at radius 1 is 0.700 bits per heavy atom. The minimum atomic E-state index is -2.39. The second-order valence-electron chi connectivity index (χ2n) is 4.64. The third-order valence-electron chi connectivity index (χ3n) is 3.03. The van der Waals surface area contributed by atoms with E-state index in [-0.39, 0.29) is 12.4 Å². The number of hydrogen-bond donors (Lipinski definition) is 1. The first-order chi connectivity index (χ1) is 9.24. The fourth-order valence-electron chi connectivity index (χ4n) is 2.19. The van der Waals surface area contributed by atoms with Crippen LogP contribution in [0.5, 0.6) is 0 Å². The second kappa shape index (κ2) is 15.7. The fourth-order valence-corrected chi connectivity index (χ4v) is 4.88. The molecule has 0 atom stereocenters. The van der Waals surface area contributed by atoms with E-state index in [4.69, 9.17) is 19.0 Å². The van der Waals surface area contributed by atoms with Crippen molar-refractivity contribution in [3.05, 3.63) is 0 Å². The Morgan fingerprint density at radius 3 is 1.50 bits per heavy atom. The highest BCUT2D eigenvalue weighted by Crippen LogP contribution is 2.20. The topological polar surface area (TPSA) is 53.7 Å². The van der Waals surface area contributed by atoms with Gasteiger partial charge in [0.05, 0.1) is 0 Å². The minimum Gasteiger partial charge on any atom is -0.374 e. The molecule has 0 radical (unpaired) electrons. The summed E-state index contributed by atoms with van der Waals surface area (Å²) in [5.74, 6) is 0. The first kappa shape index (κ1) is 22.6. The molecule has 2 N–H and O–H groups in total. The van der Waals surface area contributed by atoms with Crippen LogP contribution in [0.1, 0.15) is 59.3 Å².